The Morgan fingerprint density at radius 1 is 0.848 bits per heavy atom. The second-order valence-electron chi connectivity index (χ2n) is 8.81. The molecule has 1 amide bonds. The minimum Gasteiger partial charge on any atom is -0.507 e. The maximum absolute atomic E-state index is 13.3. The number of rotatable bonds is 4. The van der Waals surface area contributed by atoms with Crippen LogP contribution in [0.5, 0.6) is 0 Å². The van der Waals surface area contributed by atoms with Gasteiger partial charge in [0.2, 0.25) is 0 Å². The molecule has 0 aromatic heterocycles. The largest absolute Gasteiger partial charge is 0.507 e. The number of Topliss-reactive ketones (excluding diaryl/α,β-unsaturated/α-hetero) is 1. The molecule has 1 unspecified atom stereocenters. The molecule has 1 aliphatic heterocycles. The van der Waals surface area contributed by atoms with E-state index in [1.165, 1.54) is 4.90 Å². The third-order valence-electron chi connectivity index (χ3n) is 6.13. The normalized spacial score (nSPS) is 17.5. The van der Waals surface area contributed by atoms with E-state index < -0.39 is 17.7 Å². The molecular weight excluding hydrogens is 412 g/mol. The first-order chi connectivity index (χ1) is 15.7. The molecule has 4 rings (SSSR count). The standard InChI is InChI=1S/C28H28N2O3/c1-17-7-12-22(13-8-17)30-25(20-10-14-21(15-11-20)29(4)5)24(27(32)28(30)33)26(31)23-16-18(2)6-9-19(23)3/h6-16,25,31H,1-5H3/b26-24+. The van der Waals surface area contributed by atoms with Gasteiger partial charge in [0.25, 0.3) is 11.7 Å². The van der Waals surface area contributed by atoms with Crippen LogP contribution >= 0.6 is 0 Å². The fraction of sp³-hybridized carbons (Fsp3) is 0.214. The van der Waals surface area contributed by atoms with E-state index in [4.69, 9.17) is 0 Å². The lowest BCUT2D eigenvalue weighted by Crippen LogP contribution is -2.29. The van der Waals surface area contributed by atoms with Crippen molar-refractivity contribution < 1.29 is 14.7 Å². The van der Waals surface area contributed by atoms with Gasteiger partial charge in [-0.1, -0.05) is 47.5 Å². The zero-order valence-corrected chi connectivity index (χ0v) is 19.6. The number of aryl methyl sites for hydroxylation is 3. The van der Waals surface area contributed by atoms with Crippen molar-refractivity contribution in [2.24, 2.45) is 0 Å². The van der Waals surface area contributed by atoms with Crippen LogP contribution in [-0.4, -0.2) is 30.9 Å². The van der Waals surface area contributed by atoms with Gasteiger partial charge in [-0.2, -0.15) is 0 Å². The molecule has 0 bridgehead atoms. The molecule has 3 aromatic rings. The fourth-order valence-electron chi connectivity index (χ4n) is 4.21. The van der Waals surface area contributed by atoms with Gasteiger partial charge in [0.15, 0.2) is 0 Å². The van der Waals surface area contributed by atoms with Crippen LogP contribution in [0.3, 0.4) is 0 Å². The van der Waals surface area contributed by atoms with Gasteiger partial charge in [-0.05, 0) is 62.2 Å². The minimum absolute atomic E-state index is 0.104. The van der Waals surface area contributed by atoms with E-state index in [1.807, 2.05) is 106 Å². The maximum Gasteiger partial charge on any atom is 0.300 e. The molecule has 1 heterocycles. The van der Waals surface area contributed by atoms with Crippen molar-refractivity contribution in [1.29, 1.82) is 0 Å². The Morgan fingerprint density at radius 2 is 1.45 bits per heavy atom. The first-order valence-corrected chi connectivity index (χ1v) is 10.9. The number of ketones is 1. The quantitative estimate of drug-likeness (QED) is 0.340. The number of aliphatic hydroxyl groups is 1. The molecule has 1 N–H and O–H groups in total. The number of aliphatic hydroxyl groups excluding tert-OH is 1. The third kappa shape index (κ3) is 4.02. The molecule has 3 aromatic carbocycles. The summed E-state index contributed by atoms with van der Waals surface area (Å²) < 4.78 is 0. The summed E-state index contributed by atoms with van der Waals surface area (Å²) in [5, 5.41) is 11.4. The van der Waals surface area contributed by atoms with Crippen molar-refractivity contribution in [2.75, 3.05) is 23.9 Å². The fourth-order valence-corrected chi connectivity index (χ4v) is 4.21. The number of benzene rings is 3. The van der Waals surface area contributed by atoms with Gasteiger partial charge < -0.3 is 10.0 Å². The second kappa shape index (κ2) is 8.58. The van der Waals surface area contributed by atoms with Crippen LogP contribution < -0.4 is 9.80 Å². The Hall–Kier alpha value is -3.86. The van der Waals surface area contributed by atoms with E-state index in [0.29, 0.717) is 11.3 Å². The van der Waals surface area contributed by atoms with Crippen molar-refractivity contribution in [1.82, 2.24) is 0 Å². The average Bonchev–Trinajstić information content (AvgIpc) is 3.06. The lowest BCUT2D eigenvalue weighted by atomic mass is 9.93. The lowest BCUT2D eigenvalue weighted by molar-refractivity contribution is -0.132. The molecule has 1 atom stereocenters. The van der Waals surface area contributed by atoms with Crippen molar-refractivity contribution >= 4 is 28.8 Å². The summed E-state index contributed by atoms with van der Waals surface area (Å²) in [5.74, 6) is -1.48. The smallest absolute Gasteiger partial charge is 0.300 e. The predicted molar refractivity (Wildman–Crippen MR) is 133 cm³/mol. The molecule has 168 valence electrons. The maximum atomic E-state index is 13.3. The highest BCUT2D eigenvalue weighted by Crippen LogP contribution is 2.42. The Morgan fingerprint density at radius 3 is 2.06 bits per heavy atom. The van der Waals surface area contributed by atoms with Crippen LogP contribution in [-0.2, 0) is 9.59 Å². The van der Waals surface area contributed by atoms with Crippen LogP contribution in [0.4, 0.5) is 11.4 Å². The first kappa shape index (κ1) is 22.3. The zero-order chi connectivity index (χ0) is 23.9. The van der Waals surface area contributed by atoms with Gasteiger partial charge in [-0.3, -0.25) is 14.5 Å². The van der Waals surface area contributed by atoms with E-state index in [2.05, 4.69) is 0 Å². The Bertz CT molecular complexity index is 1260. The van der Waals surface area contributed by atoms with Gasteiger partial charge in [0.1, 0.15) is 5.76 Å². The van der Waals surface area contributed by atoms with Gasteiger partial charge >= 0.3 is 0 Å². The zero-order valence-electron chi connectivity index (χ0n) is 19.6. The van der Waals surface area contributed by atoms with Gasteiger partial charge in [0, 0.05) is 31.0 Å². The number of amides is 1. The molecule has 0 saturated carbocycles. The second-order valence-corrected chi connectivity index (χ2v) is 8.81. The Labute approximate surface area is 194 Å². The molecule has 5 nitrogen and oxygen atoms in total. The molecule has 1 saturated heterocycles. The number of carbonyl (C=O) groups excluding carboxylic acids is 2. The third-order valence-corrected chi connectivity index (χ3v) is 6.13. The Balaban J connectivity index is 1.95. The average molecular weight is 441 g/mol. The first-order valence-electron chi connectivity index (χ1n) is 10.9. The number of nitrogens with zero attached hydrogens (tertiary/aromatic N) is 2. The number of carbonyl (C=O) groups is 2. The summed E-state index contributed by atoms with van der Waals surface area (Å²) in [7, 11) is 3.90. The van der Waals surface area contributed by atoms with Gasteiger partial charge in [-0.15, -0.1) is 0 Å². The summed E-state index contributed by atoms with van der Waals surface area (Å²) in [6.45, 7) is 5.78. The monoisotopic (exact) mass is 440 g/mol. The summed E-state index contributed by atoms with van der Waals surface area (Å²) >= 11 is 0. The SMILES string of the molecule is Cc1ccc(N2C(=O)C(=O)/C(=C(/O)c3cc(C)ccc3C)C2c2ccc(N(C)C)cc2)cc1. The predicted octanol–water partition coefficient (Wildman–Crippen LogP) is 5.30. The van der Waals surface area contributed by atoms with E-state index in [1.54, 1.807) is 0 Å². The summed E-state index contributed by atoms with van der Waals surface area (Å²) in [6, 6.07) is 20.2. The van der Waals surface area contributed by atoms with Crippen molar-refractivity contribution in [3.05, 3.63) is 100 Å². The number of anilines is 2. The molecule has 0 spiro atoms. The van der Waals surface area contributed by atoms with Gasteiger partial charge in [0.05, 0.1) is 11.6 Å². The summed E-state index contributed by atoms with van der Waals surface area (Å²) in [5.41, 5.74) is 5.89. The van der Waals surface area contributed by atoms with E-state index in [0.717, 1.165) is 27.9 Å². The van der Waals surface area contributed by atoms with Gasteiger partial charge in [-0.25, -0.2) is 0 Å². The van der Waals surface area contributed by atoms with Crippen molar-refractivity contribution in [2.45, 2.75) is 26.8 Å². The molecule has 1 fully saturated rings. The van der Waals surface area contributed by atoms with Crippen LogP contribution in [0.2, 0.25) is 0 Å². The number of hydrogen-bond donors (Lipinski definition) is 1. The lowest BCUT2D eigenvalue weighted by Gasteiger charge is -2.26. The number of hydrogen-bond acceptors (Lipinski definition) is 4. The topological polar surface area (TPSA) is 60.9 Å². The molecule has 0 aliphatic carbocycles. The van der Waals surface area contributed by atoms with E-state index in [9.17, 15) is 14.7 Å². The molecule has 0 radical (unpaired) electrons. The summed E-state index contributed by atoms with van der Waals surface area (Å²) in [6.07, 6.45) is 0. The molecule has 5 heteroatoms. The summed E-state index contributed by atoms with van der Waals surface area (Å²) in [4.78, 5) is 30.1. The van der Waals surface area contributed by atoms with Crippen LogP contribution in [0, 0.1) is 20.8 Å². The van der Waals surface area contributed by atoms with Crippen LogP contribution in [0.1, 0.15) is 33.9 Å². The molecular formula is C28H28N2O3. The minimum atomic E-state index is -0.733. The van der Waals surface area contributed by atoms with E-state index in [-0.39, 0.29) is 11.3 Å². The highest BCUT2D eigenvalue weighted by molar-refractivity contribution is 6.51. The van der Waals surface area contributed by atoms with Crippen LogP contribution in [0.25, 0.3) is 5.76 Å². The Kier molecular flexibility index (Phi) is 5.81. The van der Waals surface area contributed by atoms with Crippen molar-refractivity contribution in [3.63, 3.8) is 0 Å². The molecule has 33 heavy (non-hydrogen) atoms. The van der Waals surface area contributed by atoms with E-state index >= 15 is 0 Å². The highest BCUT2D eigenvalue weighted by atomic mass is 16.3. The van der Waals surface area contributed by atoms with Crippen molar-refractivity contribution in [3.8, 4) is 0 Å². The highest BCUT2D eigenvalue weighted by Gasteiger charge is 2.47. The molecule has 1 aliphatic rings. The van der Waals surface area contributed by atoms with Crippen LogP contribution in [0.15, 0.2) is 72.3 Å².